The van der Waals surface area contributed by atoms with Crippen LogP contribution in [0, 0.1) is 0 Å². The van der Waals surface area contributed by atoms with Gasteiger partial charge in [-0.2, -0.15) is 0 Å². The highest BCUT2D eigenvalue weighted by atomic mass is 16.6. The molecule has 0 saturated carbocycles. The summed E-state index contributed by atoms with van der Waals surface area (Å²) in [4.78, 5) is 16.5. The van der Waals surface area contributed by atoms with Crippen molar-refractivity contribution in [2.45, 2.75) is 64.1 Å². The lowest BCUT2D eigenvalue weighted by molar-refractivity contribution is 0.0132. The summed E-state index contributed by atoms with van der Waals surface area (Å²) in [6.07, 6.45) is 5.78. The lowest BCUT2D eigenvalue weighted by atomic mass is 10.0. The Bertz CT molecular complexity index is 516. The van der Waals surface area contributed by atoms with Crippen LogP contribution >= 0.6 is 0 Å². The van der Waals surface area contributed by atoms with Crippen molar-refractivity contribution in [2.75, 3.05) is 19.6 Å². The van der Waals surface area contributed by atoms with E-state index in [1.165, 1.54) is 6.42 Å². The van der Waals surface area contributed by atoms with Crippen molar-refractivity contribution in [2.24, 2.45) is 0 Å². The molecule has 3 rings (SSSR count). The number of carbonyl (C=O) groups excluding carboxylic acids is 1. The Morgan fingerprint density at radius 3 is 2.61 bits per heavy atom. The Balaban J connectivity index is 1.55. The van der Waals surface area contributed by atoms with E-state index >= 15 is 0 Å². The van der Waals surface area contributed by atoms with Gasteiger partial charge in [0.2, 0.25) is 0 Å². The molecule has 2 aliphatic heterocycles. The van der Waals surface area contributed by atoms with Crippen molar-refractivity contribution in [3.05, 3.63) is 18.0 Å². The molecule has 1 aromatic heterocycles. The van der Waals surface area contributed by atoms with Gasteiger partial charge in [0.15, 0.2) is 0 Å². The van der Waals surface area contributed by atoms with Crippen LogP contribution in [0.1, 0.15) is 58.2 Å². The Kier molecular flexibility index (Phi) is 4.62. The first kappa shape index (κ1) is 16.3. The van der Waals surface area contributed by atoms with Gasteiger partial charge >= 0.3 is 6.09 Å². The lowest BCUT2D eigenvalue weighted by Crippen LogP contribution is -2.47. The van der Waals surface area contributed by atoms with Crippen LogP contribution in [-0.4, -0.2) is 52.3 Å². The second kappa shape index (κ2) is 6.51. The van der Waals surface area contributed by atoms with Gasteiger partial charge in [0.1, 0.15) is 17.6 Å². The molecule has 0 aliphatic carbocycles. The first-order valence-electron chi connectivity index (χ1n) is 8.58. The fourth-order valence-electron chi connectivity index (χ4n) is 3.64. The number of piperidine rings is 1. The van der Waals surface area contributed by atoms with Crippen LogP contribution in [0.2, 0.25) is 0 Å². The third-order valence-electron chi connectivity index (χ3n) is 4.68. The minimum atomic E-state index is -0.430. The molecular formula is C17H27N3O3. The first-order valence-corrected chi connectivity index (χ1v) is 8.58. The number of aromatic nitrogens is 1. The maximum absolute atomic E-state index is 12.2. The fourth-order valence-corrected chi connectivity index (χ4v) is 3.64. The van der Waals surface area contributed by atoms with E-state index in [-0.39, 0.29) is 6.09 Å². The number of amides is 1. The molecule has 0 spiro atoms. The molecule has 2 saturated heterocycles. The monoisotopic (exact) mass is 321 g/mol. The van der Waals surface area contributed by atoms with Crippen LogP contribution in [0.15, 0.2) is 16.9 Å². The van der Waals surface area contributed by atoms with E-state index in [4.69, 9.17) is 9.26 Å². The van der Waals surface area contributed by atoms with E-state index < -0.39 is 5.60 Å². The molecule has 0 aromatic carbocycles. The Hall–Kier alpha value is -1.56. The molecule has 128 valence electrons. The van der Waals surface area contributed by atoms with Crippen molar-refractivity contribution in [1.82, 2.24) is 15.0 Å². The topological polar surface area (TPSA) is 58.8 Å². The molecular weight excluding hydrogens is 294 g/mol. The second-order valence-corrected chi connectivity index (χ2v) is 7.52. The lowest BCUT2D eigenvalue weighted by Gasteiger charge is -2.39. The normalized spacial score (nSPS) is 24.1. The number of rotatable bonds is 2. The maximum Gasteiger partial charge on any atom is 0.410 e. The minimum Gasteiger partial charge on any atom is -0.444 e. The number of likely N-dealkylation sites (tertiary alicyclic amines) is 2. The Morgan fingerprint density at radius 1 is 1.26 bits per heavy atom. The molecule has 0 bridgehead atoms. The van der Waals surface area contributed by atoms with Crippen molar-refractivity contribution in [3.63, 3.8) is 0 Å². The highest BCUT2D eigenvalue weighted by Gasteiger charge is 2.36. The average Bonchev–Trinajstić information content (AvgIpc) is 3.16. The van der Waals surface area contributed by atoms with Gasteiger partial charge in [-0.3, -0.25) is 4.90 Å². The van der Waals surface area contributed by atoms with E-state index in [9.17, 15) is 4.79 Å². The molecule has 1 atom stereocenters. The van der Waals surface area contributed by atoms with Crippen LogP contribution in [0.4, 0.5) is 4.79 Å². The number of carbonyl (C=O) groups is 1. The fraction of sp³-hybridized carbons (Fsp3) is 0.765. The highest BCUT2D eigenvalue weighted by Crippen LogP contribution is 2.35. The van der Waals surface area contributed by atoms with Crippen molar-refractivity contribution in [1.29, 1.82) is 0 Å². The van der Waals surface area contributed by atoms with Crippen LogP contribution < -0.4 is 0 Å². The van der Waals surface area contributed by atoms with Crippen molar-refractivity contribution < 1.29 is 14.1 Å². The van der Waals surface area contributed by atoms with Gasteiger partial charge in [0, 0.05) is 25.2 Å². The largest absolute Gasteiger partial charge is 0.444 e. The molecule has 6 heteroatoms. The maximum atomic E-state index is 12.2. The summed E-state index contributed by atoms with van der Waals surface area (Å²) >= 11 is 0. The summed E-state index contributed by atoms with van der Waals surface area (Å²) in [6.45, 7) is 8.36. The molecule has 1 aromatic rings. The predicted octanol–water partition coefficient (Wildman–Crippen LogP) is 3.21. The van der Waals surface area contributed by atoms with Crippen LogP contribution in [0.5, 0.6) is 0 Å². The van der Waals surface area contributed by atoms with Gasteiger partial charge in [-0.05, 0) is 53.0 Å². The smallest absolute Gasteiger partial charge is 0.410 e. The van der Waals surface area contributed by atoms with Crippen LogP contribution in [0.25, 0.3) is 0 Å². The summed E-state index contributed by atoms with van der Waals surface area (Å²) in [7, 11) is 0. The molecule has 6 nitrogen and oxygen atoms in total. The molecule has 0 N–H and O–H groups in total. The third-order valence-corrected chi connectivity index (χ3v) is 4.68. The van der Waals surface area contributed by atoms with Gasteiger partial charge in [0.25, 0.3) is 0 Å². The first-order chi connectivity index (χ1) is 10.9. The molecule has 2 fully saturated rings. The zero-order valence-electron chi connectivity index (χ0n) is 14.3. The number of hydrogen-bond donors (Lipinski definition) is 0. The summed E-state index contributed by atoms with van der Waals surface area (Å²) < 4.78 is 10.5. The Labute approximate surface area is 137 Å². The van der Waals surface area contributed by atoms with E-state index in [0.717, 1.165) is 44.6 Å². The minimum absolute atomic E-state index is 0.189. The summed E-state index contributed by atoms with van der Waals surface area (Å²) in [5, 5.41) is 4.13. The second-order valence-electron chi connectivity index (χ2n) is 7.52. The van der Waals surface area contributed by atoms with E-state index in [1.54, 1.807) is 6.26 Å². The number of nitrogens with zero attached hydrogens (tertiary/aromatic N) is 3. The summed E-state index contributed by atoms with van der Waals surface area (Å²) in [5.74, 6) is 0. The molecule has 1 amide bonds. The van der Waals surface area contributed by atoms with Gasteiger partial charge < -0.3 is 14.2 Å². The molecule has 1 unspecified atom stereocenters. The standard InChI is InChI=1S/C17H27N3O3/c1-17(2,3)23-16(21)19-10-6-13(7-11-19)20-9-4-5-15(20)14-8-12-22-18-14/h8,12-13,15H,4-7,9-11H2,1-3H3. The molecule has 3 heterocycles. The van der Waals surface area contributed by atoms with E-state index in [1.807, 2.05) is 31.7 Å². The number of ether oxygens (including phenoxy) is 1. The van der Waals surface area contributed by atoms with Crippen LogP contribution in [-0.2, 0) is 4.74 Å². The van der Waals surface area contributed by atoms with E-state index in [2.05, 4.69) is 10.1 Å². The number of hydrogen-bond acceptors (Lipinski definition) is 5. The van der Waals surface area contributed by atoms with Gasteiger partial charge in [-0.1, -0.05) is 5.16 Å². The zero-order chi connectivity index (χ0) is 16.4. The third kappa shape index (κ3) is 3.86. The molecule has 0 radical (unpaired) electrons. The molecule has 2 aliphatic rings. The van der Waals surface area contributed by atoms with Gasteiger partial charge in [0.05, 0.1) is 6.04 Å². The highest BCUT2D eigenvalue weighted by molar-refractivity contribution is 5.68. The molecule has 23 heavy (non-hydrogen) atoms. The van der Waals surface area contributed by atoms with Crippen molar-refractivity contribution >= 4 is 6.09 Å². The van der Waals surface area contributed by atoms with Gasteiger partial charge in [-0.15, -0.1) is 0 Å². The van der Waals surface area contributed by atoms with Gasteiger partial charge in [-0.25, -0.2) is 4.79 Å². The average molecular weight is 321 g/mol. The van der Waals surface area contributed by atoms with E-state index in [0.29, 0.717) is 12.1 Å². The van der Waals surface area contributed by atoms with Crippen molar-refractivity contribution in [3.8, 4) is 0 Å². The summed E-state index contributed by atoms with van der Waals surface area (Å²) in [6, 6.07) is 2.85. The SMILES string of the molecule is CC(C)(C)OC(=O)N1CCC(N2CCCC2c2ccon2)CC1. The predicted molar refractivity (Wildman–Crippen MR) is 86.0 cm³/mol. The zero-order valence-corrected chi connectivity index (χ0v) is 14.3. The Morgan fingerprint density at radius 2 is 2.00 bits per heavy atom. The van der Waals surface area contributed by atoms with Crippen LogP contribution in [0.3, 0.4) is 0 Å². The quantitative estimate of drug-likeness (QED) is 0.837. The summed E-state index contributed by atoms with van der Waals surface area (Å²) in [5.41, 5.74) is 0.609.